The number of aliphatic carboxylic acids is 1. The Morgan fingerprint density at radius 2 is 2.05 bits per heavy atom. The van der Waals surface area contributed by atoms with E-state index in [0.29, 0.717) is 5.92 Å². The van der Waals surface area contributed by atoms with E-state index in [4.69, 9.17) is 0 Å². The first kappa shape index (κ1) is 16.0. The van der Waals surface area contributed by atoms with Crippen LogP contribution in [0.1, 0.15) is 45.1 Å². The van der Waals surface area contributed by atoms with E-state index >= 15 is 0 Å². The fourth-order valence-electron chi connectivity index (χ4n) is 3.26. The van der Waals surface area contributed by atoms with Crippen LogP contribution in [0.2, 0.25) is 0 Å². The quantitative estimate of drug-likeness (QED) is 0.900. The second-order valence-electron chi connectivity index (χ2n) is 6.94. The summed E-state index contributed by atoms with van der Waals surface area (Å²) in [6.07, 6.45) is 2.12. The third kappa shape index (κ3) is 3.85. The maximum atomic E-state index is 11.5. The molecule has 116 valence electrons. The first-order valence-electron chi connectivity index (χ1n) is 7.92. The summed E-state index contributed by atoms with van der Waals surface area (Å²) >= 11 is 0. The number of carboxylic acid groups (broad SMARTS) is 1. The van der Waals surface area contributed by atoms with Gasteiger partial charge in [-0.05, 0) is 50.6 Å². The minimum absolute atomic E-state index is 0.242. The number of piperidine rings is 1. The molecule has 1 N–H and O–H groups in total. The number of likely N-dealkylation sites (tertiary alicyclic amines) is 1. The Morgan fingerprint density at radius 1 is 1.38 bits per heavy atom. The molecule has 1 heterocycles. The van der Waals surface area contributed by atoms with Crippen LogP contribution in [-0.2, 0) is 4.79 Å². The minimum Gasteiger partial charge on any atom is -0.481 e. The van der Waals surface area contributed by atoms with Crippen LogP contribution < -0.4 is 0 Å². The van der Waals surface area contributed by atoms with Gasteiger partial charge in [-0.1, -0.05) is 37.3 Å². The largest absolute Gasteiger partial charge is 0.481 e. The molecule has 2 unspecified atom stereocenters. The third-order valence-corrected chi connectivity index (χ3v) is 4.98. The maximum absolute atomic E-state index is 11.5. The molecule has 1 aromatic rings. The van der Waals surface area contributed by atoms with E-state index in [-0.39, 0.29) is 5.92 Å². The lowest BCUT2D eigenvalue weighted by atomic mass is 9.74. The highest BCUT2D eigenvalue weighted by molar-refractivity contribution is 5.74. The van der Waals surface area contributed by atoms with Gasteiger partial charge in [0.15, 0.2) is 0 Å². The van der Waals surface area contributed by atoms with E-state index < -0.39 is 11.4 Å². The molecule has 2 atom stereocenters. The Kier molecular flexibility index (Phi) is 5.04. The molecule has 3 nitrogen and oxygen atoms in total. The number of hydrogen-bond donors (Lipinski definition) is 1. The number of rotatable bonds is 5. The van der Waals surface area contributed by atoms with E-state index in [1.54, 1.807) is 0 Å². The van der Waals surface area contributed by atoms with Crippen molar-refractivity contribution < 1.29 is 9.90 Å². The van der Waals surface area contributed by atoms with Crippen LogP contribution in [-0.4, -0.2) is 35.6 Å². The topological polar surface area (TPSA) is 40.5 Å². The van der Waals surface area contributed by atoms with Gasteiger partial charge in [-0.25, -0.2) is 0 Å². The molecule has 21 heavy (non-hydrogen) atoms. The van der Waals surface area contributed by atoms with Crippen LogP contribution >= 0.6 is 0 Å². The van der Waals surface area contributed by atoms with Crippen LogP contribution in [0.3, 0.4) is 0 Å². The molecule has 1 fully saturated rings. The van der Waals surface area contributed by atoms with E-state index in [0.717, 1.165) is 32.5 Å². The van der Waals surface area contributed by atoms with Gasteiger partial charge in [0.25, 0.3) is 0 Å². The summed E-state index contributed by atoms with van der Waals surface area (Å²) in [4.78, 5) is 13.9. The molecule has 1 aromatic carbocycles. The Hall–Kier alpha value is -1.35. The summed E-state index contributed by atoms with van der Waals surface area (Å²) in [7, 11) is 0. The van der Waals surface area contributed by atoms with Crippen LogP contribution in [0.15, 0.2) is 30.3 Å². The fraction of sp³-hybridized carbons (Fsp3) is 0.611. The van der Waals surface area contributed by atoms with Crippen molar-refractivity contribution in [2.24, 2.45) is 11.3 Å². The summed E-state index contributed by atoms with van der Waals surface area (Å²) in [5.74, 6) is 0.0510. The van der Waals surface area contributed by atoms with E-state index in [9.17, 15) is 9.90 Å². The molecule has 1 aliphatic rings. The summed E-state index contributed by atoms with van der Waals surface area (Å²) in [6.45, 7) is 8.98. The summed E-state index contributed by atoms with van der Waals surface area (Å²) < 4.78 is 0. The van der Waals surface area contributed by atoms with Gasteiger partial charge in [0.2, 0.25) is 0 Å². The second-order valence-corrected chi connectivity index (χ2v) is 6.94. The average molecular weight is 289 g/mol. The number of nitrogens with zero attached hydrogens (tertiary/aromatic N) is 1. The first-order chi connectivity index (χ1) is 9.91. The van der Waals surface area contributed by atoms with Crippen molar-refractivity contribution in [3.8, 4) is 0 Å². The second kappa shape index (κ2) is 6.61. The average Bonchev–Trinajstić information content (AvgIpc) is 2.48. The van der Waals surface area contributed by atoms with Crippen molar-refractivity contribution >= 4 is 5.97 Å². The molecule has 3 heteroatoms. The third-order valence-electron chi connectivity index (χ3n) is 4.98. The molecule has 2 rings (SSSR count). The van der Waals surface area contributed by atoms with Gasteiger partial charge in [-0.2, -0.15) is 0 Å². The summed E-state index contributed by atoms with van der Waals surface area (Å²) in [5, 5.41) is 9.42. The van der Waals surface area contributed by atoms with Crippen LogP contribution in [0, 0.1) is 11.3 Å². The van der Waals surface area contributed by atoms with E-state index in [2.05, 4.69) is 36.1 Å². The van der Waals surface area contributed by atoms with Crippen molar-refractivity contribution in [3.05, 3.63) is 35.9 Å². The lowest BCUT2D eigenvalue weighted by Gasteiger charge is -2.40. The monoisotopic (exact) mass is 289 g/mol. The number of carboxylic acids is 1. The molecule has 0 bridgehead atoms. The van der Waals surface area contributed by atoms with Gasteiger partial charge in [0.05, 0.1) is 5.41 Å². The molecule has 0 spiro atoms. The summed E-state index contributed by atoms with van der Waals surface area (Å²) in [6, 6.07) is 10.6. The predicted molar refractivity (Wildman–Crippen MR) is 85.4 cm³/mol. The van der Waals surface area contributed by atoms with Crippen molar-refractivity contribution in [2.75, 3.05) is 19.6 Å². The first-order valence-corrected chi connectivity index (χ1v) is 7.92. The standard InChI is InChI=1S/C18H27NO2/c1-14(15-8-5-4-6-9-15)12-19-11-7-10-16(13-19)18(2,3)17(20)21/h4-6,8-9,14,16H,7,10-13H2,1-3H3,(H,20,21). The zero-order chi connectivity index (χ0) is 15.5. The number of carbonyl (C=O) groups is 1. The summed E-state index contributed by atoms with van der Waals surface area (Å²) in [5.41, 5.74) is 0.728. The highest BCUT2D eigenvalue weighted by Crippen LogP contribution is 2.34. The maximum Gasteiger partial charge on any atom is 0.309 e. The Balaban J connectivity index is 1.97. The Labute approximate surface area is 128 Å². The van der Waals surface area contributed by atoms with Crippen LogP contribution in [0.25, 0.3) is 0 Å². The lowest BCUT2D eigenvalue weighted by molar-refractivity contribution is -0.151. The van der Waals surface area contributed by atoms with Crippen molar-refractivity contribution in [2.45, 2.75) is 39.5 Å². The molecular weight excluding hydrogens is 262 g/mol. The predicted octanol–water partition coefficient (Wildman–Crippen LogP) is 3.61. The highest BCUT2D eigenvalue weighted by Gasteiger charge is 2.39. The fourth-order valence-corrected chi connectivity index (χ4v) is 3.26. The van der Waals surface area contributed by atoms with Gasteiger partial charge in [-0.3, -0.25) is 4.79 Å². The van der Waals surface area contributed by atoms with Gasteiger partial charge in [0.1, 0.15) is 0 Å². The molecular formula is C18H27NO2. The normalized spacial score (nSPS) is 22.0. The van der Waals surface area contributed by atoms with Crippen LogP contribution in [0.5, 0.6) is 0 Å². The van der Waals surface area contributed by atoms with Gasteiger partial charge < -0.3 is 10.0 Å². The van der Waals surface area contributed by atoms with Crippen molar-refractivity contribution in [1.82, 2.24) is 4.90 Å². The molecule has 0 amide bonds. The Morgan fingerprint density at radius 3 is 2.67 bits per heavy atom. The van der Waals surface area contributed by atoms with Gasteiger partial charge in [-0.15, -0.1) is 0 Å². The molecule has 0 saturated carbocycles. The minimum atomic E-state index is -0.676. The number of hydrogen-bond acceptors (Lipinski definition) is 2. The molecule has 1 saturated heterocycles. The van der Waals surface area contributed by atoms with E-state index in [1.165, 1.54) is 5.56 Å². The van der Waals surface area contributed by atoms with Gasteiger partial charge in [0, 0.05) is 13.1 Å². The molecule has 1 aliphatic heterocycles. The van der Waals surface area contributed by atoms with Crippen LogP contribution in [0.4, 0.5) is 0 Å². The highest BCUT2D eigenvalue weighted by atomic mass is 16.4. The molecule has 0 radical (unpaired) electrons. The Bertz CT molecular complexity index is 469. The van der Waals surface area contributed by atoms with Gasteiger partial charge >= 0.3 is 5.97 Å². The lowest BCUT2D eigenvalue weighted by Crippen LogP contribution is -2.45. The zero-order valence-electron chi connectivity index (χ0n) is 13.4. The van der Waals surface area contributed by atoms with E-state index in [1.807, 2.05) is 19.9 Å². The molecule has 0 aromatic heterocycles. The van der Waals surface area contributed by atoms with Crippen molar-refractivity contribution in [3.63, 3.8) is 0 Å². The zero-order valence-corrected chi connectivity index (χ0v) is 13.4. The SMILES string of the molecule is CC(CN1CCCC(C(C)(C)C(=O)O)C1)c1ccccc1. The smallest absolute Gasteiger partial charge is 0.309 e. The molecule has 0 aliphatic carbocycles. The number of benzene rings is 1. The van der Waals surface area contributed by atoms with Crippen molar-refractivity contribution in [1.29, 1.82) is 0 Å².